The standard InChI is InChI=1S/C76H130O20/c1-43-23-28-55(77)35-57-19-17-21-59(93-57)39-70(90-16)50(8)66(80)42-68(82)52(10)75(54(12)73(85)45(3)27-31-62-38-64(88-14)34-48(6)92-62)96-76(86)46(4)25-29-56(78)36-58-20-18-22-60(94-58)40-69(89-15)49(7)65(79)41-67(81)51(9)74(95-71(83)32-24-43)53(11)72(84)44(2)26-30-61-37-63(87-13)33-47(5)91-61/h17-20,23-25,32,44-45,47-70,72-75,77-82,84-85H,21-22,26-31,33-42H2,1-16H3/b32-24+,43-23+,46-25-/t44-,45-,47-,48-,49-,50-,51-,52-,53-,54-,55-,56-,57-,58-,59-,60-,61-,62-,63+,64+,65?,66-,67+,68+,69-,70-,72-,73-,74+,75-/m0/s1. The Morgan fingerprint density at radius 3 is 1.30 bits per heavy atom. The van der Waals surface area contributed by atoms with Crippen molar-refractivity contribution < 1.29 is 97.8 Å². The van der Waals surface area contributed by atoms with Crippen LogP contribution in [-0.2, 0) is 57.0 Å². The van der Waals surface area contributed by atoms with Crippen LogP contribution in [0.4, 0.5) is 0 Å². The van der Waals surface area contributed by atoms with Gasteiger partial charge in [0, 0.05) is 101 Å². The van der Waals surface area contributed by atoms with Gasteiger partial charge in [0.05, 0.1) is 122 Å². The molecule has 0 spiro atoms. The number of hydrogen-bond acceptors (Lipinski definition) is 20. The fourth-order valence-electron chi connectivity index (χ4n) is 15.2. The molecule has 20 heteroatoms. The minimum absolute atomic E-state index is 0.0306. The summed E-state index contributed by atoms with van der Waals surface area (Å²) in [7, 11) is 6.57. The predicted octanol–water partition coefficient (Wildman–Crippen LogP) is 9.55. The van der Waals surface area contributed by atoms with E-state index in [1.165, 1.54) is 6.08 Å². The molecule has 5 heterocycles. The Hall–Kier alpha value is -3.00. The van der Waals surface area contributed by atoms with Crippen molar-refractivity contribution in [2.75, 3.05) is 28.4 Å². The summed E-state index contributed by atoms with van der Waals surface area (Å²) >= 11 is 0. The minimum atomic E-state index is -1.18. The Kier molecular flexibility index (Phi) is 36.4. The van der Waals surface area contributed by atoms with Gasteiger partial charge >= 0.3 is 11.9 Å². The molecule has 2 fully saturated rings. The van der Waals surface area contributed by atoms with Crippen LogP contribution in [-0.4, -0.2) is 216 Å². The van der Waals surface area contributed by atoms with Crippen LogP contribution in [0.1, 0.15) is 199 Å². The quantitative estimate of drug-likeness (QED) is 0.0527. The molecular weight excluding hydrogens is 1230 g/mol. The van der Waals surface area contributed by atoms with Gasteiger partial charge in [0.15, 0.2) is 0 Å². The number of carbonyl (C=O) groups is 2. The number of allylic oxidation sites excluding steroid dienone is 2. The van der Waals surface area contributed by atoms with Gasteiger partial charge in [-0.25, -0.2) is 9.59 Å². The molecule has 5 aliphatic rings. The number of aliphatic hydroxyl groups excluding tert-OH is 8. The summed E-state index contributed by atoms with van der Waals surface area (Å²) in [5.41, 5.74) is 0.927. The zero-order chi connectivity index (χ0) is 71.1. The van der Waals surface area contributed by atoms with Crippen molar-refractivity contribution >= 4 is 11.9 Å². The third-order valence-electron chi connectivity index (χ3n) is 22.1. The van der Waals surface area contributed by atoms with Crippen molar-refractivity contribution in [3.05, 3.63) is 59.8 Å². The summed E-state index contributed by atoms with van der Waals surface area (Å²) in [6, 6.07) is 0. The van der Waals surface area contributed by atoms with Crippen LogP contribution in [0.15, 0.2) is 59.8 Å². The first kappa shape index (κ1) is 83.7. The number of rotatable bonds is 16. The first-order valence-electron chi connectivity index (χ1n) is 36.4. The minimum Gasteiger partial charge on any atom is -0.458 e. The molecule has 5 rings (SSSR count). The van der Waals surface area contributed by atoms with Crippen molar-refractivity contribution in [3.63, 3.8) is 0 Å². The fourth-order valence-corrected chi connectivity index (χ4v) is 15.2. The lowest BCUT2D eigenvalue weighted by Gasteiger charge is -2.38. The average Bonchev–Trinajstić information content (AvgIpc) is 0.856. The molecule has 0 aromatic rings. The Bertz CT molecular complexity index is 2400. The second-order valence-electron chi connectivity index (χ2n) is 29.9. The molecule has 30 atom stereocenters. The third kappa shape index (κ3) is 26.7. The molecule has 0 saturated carbocycles. The van der Waals surface area contributed by atoms with Gasteiger partial charge in [0.1, 0.15) is 12.2 Å². The monoisotopic (exact) mass is 1360 g/mol. The van der Waals surface area contributed by atoms with Gasteiger partial charge in [-0.3, -0.25) is 0 Å². The maximum Gasteiger partial charge on any atom is 0.333 e. The van der Waals surface area contributed by atoms with Gasteiger partial charge in [-0.05, 0) is 129 Å². The lowest BCUT2D eigenvalue weighted by atomic mass is 9.78. The summed E-state index contributed by atoms with van der Waals surface area (Å²) < 4.78 is 61.4. The third-order valence-corrected chi connectivity index (χ3v) is 22.1. The molecule has 0 amide bonds. The average molecular weight is 1360 g/mol. The van der Waals surface area contributed by atoms with E-state index in [9.17, 15) is 50.4 Å². The second kappa shape index (κ2) is 41.8. The number of cyclic esters (lactones) is 2. The largest absolute Gasteiger partial charge is 0.458 e. The summed E-state index contributed by atoms with van der Waals surface area (Å²) in [6.45, 7) is 22.3. The number of hydrogen-bond donors (Lipinski definition) is 8. The van der Waals surface area contributed by atoms with Crippen molar-refractivity contribution in [1.82, 2.24) is 0 Å². The number of esters is 2. The van der Waals surface area contributed by atoms with Crippen LogP contribution in [0.25, 0.3) is 0 Å². The Balaban J connectivity index is 1.37. The highest BCUT2D eigenvalue weighted by Gasteiger charge is 2.43. The number of methoxy groups -OCH3 is 4. The first-order valence-corrected chi connectivity index (χ1v) is 36.4. The highest BCUT2D eigenvalue weighted by molar-refractivity contribution is 5.87. The van der Waals surface area contributed by atoms with E-state index in [2.05, 4.69) is 0 Å². The summed E-state index contributed by atoms with van der Waals surface area (Å²) in [6.07, 6.45) is 10.3. The van der Waals surface area contributed by atoms with Crippen LogP contribution in [0.5, 0.6) is 0 Å². The molecule has 0 aliphatic carbocycles. The summed E-state index contributed by atoms with van der Waals surface area (Å²) in [5, 5.41) is 94.6. The van der Waals surface area contributed by atoms with E-state index >= 15 is 0 Å². The van der Waals surface area contributed by atoms with Crippen LogP contribution in [0.3, 0.4) is 0 Å². The van der Waals surface area contributed by atoms with Crippen LogP contribution in [0, 0.1) is 47.3 Å². The molecule has 0 aromatic heterocycles. The molecule has 4 bridgehead atoms. The zero-order valence-electron chi connectivity index (χ0n) is 61.1. The van der Waals surface area contributed by atoms with Crippen molar-refractivity contribution in [2.45, 2.75) is 333 Å². The van der Waals surface area contributed by atoms with Gasteiger partial charge in [0.25, 0.3) is 0 Å². The lowest BCUT2D eigenvalue weighted by Crippen LogP contribution is -2.46. The Morgan fingerprint density at radius 2 is 0.885 bits per heavy atom. The SMILES string of the molecule is CO[C@H]1C[C@H](CC[C@H](C)[C@H](O)[C@H](C)[C@@H]2OC(=O)/C=C/C(C)=C/C[C@H](O)C[C@@H]3C=CC[C@@H](C[C@H](OC)[C@@H](C)[C@@H](O)C[C@@H](O)[C@H](C)[C@@H]([C@@H](C)[C@@H](O)[C@@H](C)CC[C@H]4C[C@H](OC)C[C@H](C)O4)OC(=O)/C(C)=C\C[C@H](O)C[C@@H]4C=CC[C@@H](C[C@H](OC)[C@@H](C)C(O)C[C@@H](O)[C@@H]2C)O4)O3)O[C@@H](C)C1. The van der Waals surface area contributed by atoms with E-state index in [-0.39, 0.29) is 105 Å². The van der Waals surface area contributed by atoms with E-state index < -0.39 is 133 Å². The molecule has 5 aliphatic heterocycles. The Labute approximate surface area is 575 Å². The highest BCUT2D eigenvalue weighted by atomic mass is 16.6. The van der Waals surface area contributed by atoms with E-state index in [0.717, 1.165) is 25.7 Å². The molecule has 554 valence electrons. The molecule has 0 radical (unpaired) electrons. The number of ether oxygens (including phenoxy) is 10. The normalized spacial score (nSPS) is 41.2. The van der Waals surface area contributed by atoms with Crippen LogP contribution >= 0.6 is 0 Å². The topological polar surface area (TPSA) is 288 Å². The van der Waals surface area contributed by atoms with Gasteiger partial charge in [0.2, 0.25) is 0 Å². The van der Waals surface area contributed by atoms with Gasteiger partial charge in [-0.2, -0.15) is 0 Å². The Morgan fingerprint density at radius 1 is 0.479 bits per heavy atom. The summed E-state index contributed by atoms with van der Waals surface area (Å²) in [4.78, 5) is 28.1. The summed E-state index contributed by atoms with van der Waals surface area (Å²) in [5.74, 6) is -5.57. The van der Waals surface area contributed by atoms with Gasteiger partial charge < -0.3 is 88.2 Å². The number of fused-ring (bicyclic) bond motifs is 4. The molecular formula is C76H130O20. The molecule has 8 N–H and O–H groups in total. The maximum absolute atomic E-state index is 14.2. The van der Waals surface area contributed by atoms with Crippen molar-refractivity contribution in [2.24, 2.45) is 47.3 Å². The van der Waals surface area contributed by atoms with Crippen LogP contribution in [0.2, 0.25) is 0 Å². The molecule has 2 saturated heterocycles. The smallest absolute Gasteiger partial charge is 0.333 e. The van der Waals surface area contributed by atoms with E-state index in [0.29, 0.717) is 56.9 Å². The highest BCUT2D eigenvalue weighted by Crippen LogP contribution is 2.37. The molecule has 20 nitrogen and oxygen atoms in total. The number of carbonyl (C=O) groups excluding carboxylic acids is 2. The van der Waals surface area contributed by atoms with E-state index in [1.807, 2.05) is 92.7 Å². The maximum atomic E-state index is 14.2. The van der Waals surface area contributed by atoms with Gasteiger partial charge in [-0.1, -0.05) is 103 Å². The van der Waals surface area contributed by atoms with Crippen molar-refractivity contribution in [3.8, 4) is 0 Å². The number of aliphatic hydroxyl groups is 8. The van der Waals surface area contributed by atoms with Gasteiger partial charge in [-0.15, -0.1) is 0 Å². The predicted molar refractivity (Wildman–Crippen MR) is 368 cm³/mol. The van der Waals surface area contributed by atoms with E-state index in [4.69, 9.17) is 47.4 Å². The van der Waals surface area contributed by atoms with E-state index in [1.54, 1.807) is 61.4 Å². The molecule has 1 unspecified atom stereocenters. The lowest BCUT2D eigenvalue weighted by molar-refractivity contribution is -0.159. The first-order chi connectivity index (χ1) is 45.4. The second-order valence-corrected chi connectivity index (χ2v) is 29.9. The van der Waals surface area contributed by atoms with Crippen molar-refractivity contribution in [1.29, 1.82) is 0 Å². The molecule has 96 heavy (non-hydrogen) atoms. The molecule has 0 aromatic carbocycles. The van der Waals surface area contributed by atoms with Crippen LogP contribution < -0.4 is 0 Å². The zero-order valence-corrected chi connectivity index (χ0v) is 61.1. The fraction of sp³-hybridized carbons (Fsp3) is 0.842.